The van der Waals surface area contributed by atoms with Crippen LogP contribution in [0.5, 0.6) is 11.5 Å². The highest BCUT2D eigenvalue weighted by Crippen LogP contribution is 2.33. The SMILES string of the molecule is C=CCOc1c(I)cc(/C=N/NC(=O)c2ccccc2C)cc1OC. The van der Waals surface area contributed by atoms with Crippen molar-refractivity contribution in [3.63, 3.8) is 0 Å². The molecule has 2 aromatic rings. The molecule has 130 valence electrons. The van der Waals surface area contributed by atoms with Gasteiger partial charge in [-0.3, -0.25) is 4.79 Å². The minimum absolute atomic E-state index is 0.248. The molecule has 0 aliphatic heterocycles. The van der Waals surface area contributed by atoms with Crippen molar-refractivity contribution in [2.75, 3.05) is 13.7 Å². The largest absolute Gasteiger partial charge is 0.493 e. The molecule has 2 rings (SSSR count). The van der Waals surface area contributed by atoms with Crippen molar-refractivity contribution < 1.29 is 14.3 Å². The number of rotatable bonds is 7. The van der Waals surface area contributed by atoms with Crippen molar-refractivity contribution >= 4 is 34.7 Å². The molecule has 0 fully saturated rings. The lowest BCUT2D eigenvalue weighted by Crippen LogP contribution is -2.18. The summed E-state index contributed by atoms with van der Waals surface area (Å²) in [5, 5.41) is 4.03. The van der Waals surface area contributed by atoms with Gasteiger partial charge < -0.3 is 9.47 Å². The minimum atomic E-state index is -0.248. The molecule has 2 aromatic carbocycles. The fraction of sp³-hybridized carbons (Fsp3) is 0.158. The third-order valence-corrected chi connectivity index (χ3v) is 4.17. The maximum Gasteiger partial charge on any atom is 0.271 e. The number of halogens is 1. The lowest BCUT2D eigenvalue weighted by molar-refractivity contribution is 0.0954. The Bertz CT molecular complexity index is 803. The van der Waals surface area contributed by atoms with Gasteiger partial charge in [-0.15, -0.1) is 0 Å². The van der Waals surface area contributed by atoms with Crippen LogP contribution in [0.3, 0.4) is 0 Å². The smallest absolute Gasteiger partial charge is 0.271 e. The van der Waals surface area contributed by atoms with Gasteiger partial charge in [-0.1, -0.05) is 30.9 Å². The van der Waals surface area contributed by atoms with E-state index in [0.29, 0.717) is 23.7 Å². The van der Waals surface area contributed by atoms with Crippen LogP contribution in [-0.2, 0) is 0 Å². The lowest BCUT2D eigenvalue weighted by Gasteiger charge is -2.12. The maximum absolute atomic E-state index is 12.1. The van der Waals surface area contributed by atoms with Gasteiger partial charge >= 0.3 is 0 Å². The first-order chi connectivity index (χ1) is 12.1. The third-order valence-electron chi connectivity index (χ3n) is 3.37. The molecule has 1 N–H and O–H groups in total. The monoisotopic (exact) mass is 450 g/mol. The van der Waals surface area contributed by atoms with Crippen LogP contribution in [0.2, 0.25) is 0 Å². The van der Waals surface area contributed by atoms with Gasteiger partial charge in [0, 0.05) is 5.56 Å². The summed E-state index contributed by atoms with van der Waals surface area (Å²) in [6.45, 7) is 5.91. The molecule has 0 bridgehead atoms. The molecule has 0 aliphatic carbocycles. The molecule has 6 heteroatoms. The summed E-state index contributed by atoms with van der Waals surface area (Å²) in [5.74, 6) is 1.01. The zero-order chi connectivity index (χ0) is 18.2. The van der Waals surface area contributed by atoms with Crippen molar-refractivity contribution in [3.05, 3.63) is 69.3 Å². The maximum atomic E-state index is 12.1. The average molecular weight is 450 g/mol. The summed E-state index contributed by atoms with van der Waals surface area (Å²) >= 11 is 2.17. The molecule has 0 heterocycles. The van der Waals surface area contributed by atoms with Crippen LogP contribution in [0.15, 0.2) is 54.2 Å². The number of carbonyl (C=O) groups excluding carboxylic acids is 1. The topological polar surface area (TPSA) is 59.9 Å². The van der Waals surface area contributed by atoms with Gasteiger partial charge in [0.05, 0.1) is 16.9 Å². The summed E-state index contributed by atoms with van der Waals surface area (Å²) < 4.78 is 11.9. The fourth-order valence-corrected chi connectivity index (χ4v) is 2.93. The Morgan fingerprint density at radius 2 is 2.12 bits per heavy atom. The van der Waals surface area contributed by atoms with E-state index in [1.54, 1.807) is 31.5 Å². The second-order valence-electron chi connectivity index (χ2n) is 5.15. The standard InChI is InChI=1S/C19H19IN2O3/c1-4-9-25-18-16(20)10-14(11-17(18)24-3)12-21-22-19(23)15-8-6-5-7-13(15)2/h4-8,10-12H,1,9H2,2-3H3,(H,22,23)/b21-12+. The Kier molecular flexibility index (Phi) is 7.00. The highest BCUT2D eigenvalue weighted by molar-refractivity contribution is 14.1. The summed E-state index contributed by atoms with van der Waals surface area (Å²) in [6, 6.07) is 11.0. The Labute approximate surface area is 160 Å². The number of hydrogen-bond acceptors (Lipinski definition) is 4. The summed E-state index contributed by atoms with van der Waals surface area (Å²) in [5.41, 5.74) is 4.82. The van der Waals surface area contributed by atoms with Crippen LogP contribution in [0, 0.1) is 10.5 Å². The molecule has 0 aromatic heterocycles. The molecule has 0 spiro atoms. The molecule has 25 heavy (non-hydrogen) atoms. The molecule has 0 aliphatic rings. The minimum Gasteiger partial charge on any atom is -0.493 e. The van der Waals surface area contributed by atoms with E-state index in [-0.39, 0.29) is 5.91 Å². The Balaban J connectivity index is 2.13. The first-order valence-corrected chi connectivity index (χ1v) is 8.65. The molecule has 0 radical (unpaired) electrons. The molecule has 0 saturated heterocycles. The molecular weight excluding hydrogens is 431 g/mol. The summed E-state index contributed by atoms with van der Waals surface area (Å²) in [6.07, 6.45) is 3.24. The quantitative estimate of drug-likeness (QED) is 0.301. The number of hydrazone groups is 1. The summed E-state index contributed by atoms with van der Waals surface area (Å²) in [4.78, 5) is 12.1. The van der Waals surface area contributed by atoms with Gasteiger partial charge in [0.25, 0.3) is 5.91 Å². The van der Waals surface area contributed by atoms with Crippen molar-refractivity contribution in [3.8, 4) is 11.5 Å². The van der Waals surface area contributed by atoms with E-state index < -0.39 is 0 Å². The number of hydrogen-bond donors (Lipinski definition) is 1. The fourth-order valence-electron chi connectivity index (χ4n) is 2.15. The second kappa shape index (κ2) is 9.22. The number of amides is 1. The molecule has 0 atom stereocenters. The third kappa shape index (κ3) is 5.06. The van der Waals surface area contributed by atoms with Crippen LogP contribution >= 0.6 is 22.6 Å². The number of ether oxygens (including phenoxy) is 2. The predicted molar refractivity (Wildman–Crippen MR) is 108 cm³/mol. The van der Waals surface area contributed by atoms with E-state index in [1.807, 2.05) is 31.2 Å². The predicted octanol–water partition coefficient (Wildman–Crippen LogP) is 3.94. The van der Waals surface area contributed by atoms with Crippen molar-refractivity contribution in [1.29, 1.82) is 0 Å². The van der Waals surface area contributed by atoms with Crippen LogP contribution < -0.4 is 14.9 Å². The molecule has 1 amide bonds. The van der Waals surface area contributed by atoms with E-state index >= 15 is 0 Å². The van der Waals surface area contributed by atoms with E-state index in [1.165, 1.54) is 0 Å². The zero-order valence-electron chi connectivity index (χ0n) is 14.1. The van der Waals surface area contributed by atoms with Gasteiger partial charge in [-0.25, -0.2) is 5.43 Å². The van der Waals surface area contributed by atoms with Gasteiger partial charge in [0.15, 0.2) is 11.5 Å². The molecule has 0 unspecified atom stereocenters. The van der Waals surface area contributed by atoms with Gasteiger partial charge in [0.1, 0.15) is 6.61 Å². The summed E-state index contributed by atoms with van der Waals surface area (Å²) in [7, 11) is 1.58. The van der Waals surface area contributed by atoms with E-state index in [2.05, 4.69) is 39.7 Å². The normalized spacial score (nSPS) is 10.5. The molecule has 0 saturated carbocycles. The number of aryl methyl sites for hydroxylation is 1. The lowest BCUT2D eigenvalue weighted by atomic mass is 10.1. The van der Waals surface area contributed by atoms with Crippen LogP contribution in [0.1, 0.15) is 21.5 Å². The number of methoxy groups -OCH3 is 1. The highest BCUT2D eigenvalue weighted by Gasteiger charge is 2.11. The van der Waals surface area contributed by atoms with Crippen molar-refractivity contribution in [2.24, 2.45) is 5.10 Å². The van der Waals surface area contributed by atoms with Crippen LogP contribution in [0.25, 0.3) is 0 Å². The van der Waals surface area contributed by atoms with E-state index in [4.69, 9.17) is 9.47 Å². The number of nitrogens with zero attached hydrogens (tertiary/aromatic N) is 1. The average Bonchev–Trinajstić information content (AvgIpc) is 2.60. The number of carbonyl (C=O) groups is 1. The van der Waals surface area contributed by atoms with E-state index in [0.717, 1.165) is 14.7 Å². The van der Waals surface area contributed by atoms with E-state index in [9.17, 15) is 4.79 Å². The van der Waals surface area contributed by atoms with Gasteiger partial charge in [-0.2, -0.15) is 5.10 Å². The Morgan fingerprint density at radius 3 is 2.80 bits per heavy atom. The molecule has 5 nitrogen and oxygen atoms in total. The number of benzene rings is 2. The van der Waals surface area contributed by atoms with Crippen LogP contribution in [0.4, 0.5) is 0 Å². The van der Waals surface area contributed by atoms with Crippen molar-refractivity contribution in [1.82, 2.24) is 5.43 Å². The number of nitrogens with one attached hydrogen (secondary N) is 1. The van der Waals surface area contributed by atoms with Gasteiger partial charge in [0.2, 0.25) is 0 Å². The second-order valence-corrected chi connectivity index (χ2v) is 6.31. The van der Waals surface area contributed by atoms with Crippen LogP contribution in [-0.4, -0.2) is 25.8 Å². The first-order valence-electron chi connectivity index (χ1n) is 7.57. The Hall–Kier alpha value is -2.35. The van der Waals surface area contributed by atoms with Crippen molar-refractivity contribution in [2.45, 2.75) is 6.92 Å². The van der Waals surface area contributed by atoms with Gasteiger partial charge in [-0.05, 0) is 58.8 Å². The Morgan fingerprint density at radius 1 is 1.36 bits per heavy atom. The highest BCUT2D eigenvalue weighted by atomic mass is 127. The molecular formula is C19H19IN2O3. The first kappa shape index (κ1) is 19.0. The zero-order valence-corrected chi connectivity index (χ0v) is 16.2.